The second kappa shape index (κ2) is 9.79. The van der Waals surface area contributed by atoms with Crippen molar-refractivity contribution in [3.05, 3.63) is 114 Å². The number of benzene rings is 3. The Morgan fingerprint density at radius 1 is 1.00 bits per heavy atom. The molecular weight excluding hydrogens is 529 g/mol. The number of fused-ring (bicyclic) bond motifs is 1. The van der Waals surface area contributed by atoms with Crippen molar-refractivity contribution in [1.82, 2.24) is 19.7 Å². The number of H-pyrrole nitrogens is 1. The number of carbonyl (C=O) groups is 1. The zero-order chi connectivity index (χ0) is 26.3. The van der Waals surface area contributed by atoms with E-state index in [9.17, 15) is 18.8 Å². The molecule has 0 unspecified atom stereocenters. The Kier molecular flexibility index (Phi) is 6.53. The highest BCUT2D eigenvalue weighted by molar-refractivity contribution is 6.37. The van der Waals surface area contributed by atoms with Crippen LogP contribution in [0.3, 0.4) is 0 Å². The first kappa shape index (κ1) is 24.7. The maximum atomic E-state index is 15.4. The lowest BCUT2D eigenvalue weighted by atomic mass is 9.97. The number of nitrogens with zero attached hydrogens (tertiary/aromatic N) is 3. The highest BCUT2D eigenvalue weighted by Gasteiger charge is 2.29. The van der Waals surface area contributed by atoms with Gasteiger partial charge < -0.3 is 9.64 Å². The Hall–Kier alpha value is -4.02. The van der Waals surface area contributed by atoms with Gasteiger partial charge in [0.2, 0.25) is 0 Å². The fourth-order valence-electron chi connectivity index (χ4n) is 4.02. The first-order valence-corrected chi connectivity index (χ1v) is 11.7. The lowest BCUT2D eigenvalue weighted by molar-refractivity contribution is 0.0725. The molecule has 188 valence electrons. The third-order valence-electron chi connectivity index (χ3n) is 5.80. The fraction of sp³-hybridized carbons (Fsp3) is 0.120. The van der Waals surface area contributed by atoms with Gasteiger partial charge in [-0.25, -0.2) is 13.6 Å². The predicted octanol–water partition coefficient (Wildman–Crippen LogP) is 4.50. The summed E-state index contributed by atoms with van der Waals surface area (Å²) in [5.41, 5.74) is -0.155. The van der Waals surface area contributed by atoms with E-state index in [0.29, 0.717) is 0 Å². The maximum absolute atomic E-state index is 15.4. The normalized spacial score (nSPS) is 13.0. The molecule has 0 saturated carbocycles. The maximum Gasteiger partial charge on any atom is 0.349 e. The van der Waals surface area contributed by atoms with Gasteiger partial charge >= 0.3 is 5.69 Å². The number of rotatable bonds is 5. The van der Waals surface area contributed by atoms with Crippen LogP contribution in [0.15, 0.2) is 64.3 Å². The first-order chi connectivity index (χ1) is 17.7. The van der Waals surface area contributed by atoms with E-state index < -0.39 is 17.1 Å². The molecule has 12 heteroatoms. The highest BCUT2D eigenvalue weighted by atomic mass is 35.5. The van der Waals surface area contributed by atoms with Crippen LogP contribution >= 0.6 is 23.2 Å². The van der Waals surface area contributed by atoms with Crippen molar-refractivity contribution in [1.29, 1.82) is 0 Å². The molecule has 4 aromatic rings. The lowest BCUT2D eigenvalue weighted by Crippen LogP contribution is -2.37. The highest BCUT2D eigenvalue weighted by Crippen LogP contribution is 2.40. The predicted molar refractivity (Wildman–Crippen MR) is 132 cm³/mol. The van der Waals surface area contributed by atoms with Gasteiger partial charge in [0, 0.05) is 24.2 Å². The SMILES string of the molecule is O=C1c2ccc(Oc3c(Cl)cc(-n4ncc(=O)[nH]c4=O)cc3Cl)c(F)c2CCN1Cc1ccc(F)cc1. The molecule has 0 radical (unpaired) electrons. The van der Waals surface area contributed by atoms with Gasteiger partial charge in [-0.1, -0.05) is 35.3 Å². The zero-order valence-electron chi connectivity index (χ0n) is 18.8. The summed E-state index contributed by atoms with van der Waals surface area (Å²) in [5, 5.41) is 3.66. The largest absolute Gasteiger partial charge is 0.451 e. The van der Waals surface area contributed by atoms with Crippen molar-refractivity contribution in [3.8, 4) is 17.2 Å². The molecule has 37 heavy (non-hydrogen) atoms. The van der Waals surface area contributed by atoms with Gasteiger partial charge in [0.1, 0.15) is 12.0 Å². The van der Waals surface area contributed by atoms with E-state index in [-0.39, 0.29) is 69.6 Å². The van der Waals surface area contributed by atoms with E-state index in [1.807, 2.05) is 0 Å². The van der Waals surface area contributed by atoms with Crippen molar-refractivity contribution in [3.63, 3.8) is 0 Å². The Morgan fingerprint density at radius 2 is 1.70 bits per heavy atom. The average molecular weight is 545 g/mol. The fourth-order valence-corrected chi connectivity index (χ4v) is 4.57. The standard InChI is InChI=1S/C25H16Cl2F2N4O4/c26-18-9-15(33-25(36)31-21(34)11-30-33)10-19(27)23(18)37-20-6-5-17-16(22(20)29)7-8-32(24(17)35)12-13-1-3-14(28)4-2-13/h1-6,9-11H,7-8,12H2,(H,31,34,36). The van der Waals surface area contributed by atoms with Gasteiger partial charge in [0.15, 0.2) is 17.3 Å². The number of aromatic nitrogens is 3. The van der Waals surface area contributed by atoms with Crippen LogP contribution in [0.2, 0.25) is 10.0 Å². The smallest absolute Gasteiger partial charge is 0.349 e. The summed E-state index contributed by atoms with van der Waals surface area (Å²) in [6, 6.07) is 11.2. The quantitative estimate of drug-likeness (QED) is 0.399. The molecule has 0 spiro atoms. The van der Waals surface area contributed by atoms with Gasteiger partial charge in [-0.2, -0.15) is 9.78 Å². The van der Waals surface area contributed by atoms with Crippen molar-refractivity contribution in [2.24, 2.45) is 0 Å². The Balaban J connectivity index is 1.40. The minimum atomic E-state index is -0.799. The molecule has 0 atom stereocenters. The zero-order valence-corrected chi connectivity index (χ0v) is 20.3. The number of carbonyl (C=O) groups excluding carboxylic acids is 1. The third-order valence-corrected chi connectivity index (χ3v) is 6.36. The molecule has 0 saturated heterocycles. The van der Waals surface area contributed by atoms with Crippen LogP contribution in [0, 0.1) is 11.6 Å². The number of nitrogens with one attached hydrogen (secondary N) is 1. The summed E-state index contributed by atoms with van der Waals surface area (Å²) in [7, 11) is 0. The Labute approximate surface area is 217 Å². The number of hydrogen-bond acceptors (Lipinski definition) is 5. The summed E-state index contributed by atoms with van der Waals surface area (Å²) < 4.78 is 35.1. The molecule has 0 bridgehead atoms. The van der Waals surface area contributed by atoms with E-state index >= 15 is 4.39 Å². The van der Waals surface area contributed by atoms with E-state index in [1.54, 1.807) is 17.0 Å². The van der Waals surface area contributed by atoms with Crippen LogP contribution in [0.5, 0.6) is 11.5 Å². The van der Waals surface area contributed by atoms with Gasteiger partial charge in [0.25, 0.3) is 11.5 Å². The van der Waals surface area contributed by atoms with Crippen LogP contribution < -0.4 is 16.0 Å². The van der Waals surface area contributed by atoms with E-state index in [2.05, 4.69) is 10.1 Å². The molecule has 1 N–H and O–H groups in total. The van der Waals surface area contributed by atoms with Gasteiger partial charge in [0.05, 0.1) is 15.7 Å². The van der Waals surface area contributed by atoms with Crippen LogP contribution in [0.4, 0.5) is 8.78 Å². The second-order valence-corrected chi connectivity index (χ2v) is 9.01. The van der Waals surface area contributed by atoms with E-state index in [4.69, 9.17) is 27.9 Å². The Morgan fingerprint density at radius 3 is 2.38 bits per heavy atom. The summed E-state index contributed by atoms with van der Waals surface area (Å²) in [5.74, 6) is -1.69. The molecule has 1 aromatic heterocycles. The van der Waals surface area contributed by atoms with Crippen molar-refractivity contribution >= 4 is 29.1 Å². The van der Waals surface area contributed by atoms with E-state index in [0.717, 1.165) is 16.4 Å². The summed E-state index contributed by atoms with van der Waals surface area (Å²) >= 11 is 12.6. The number of halogens is 4. The molecule has 1 aliphatic rings. The molecule has 1 amide bonds. The van der Waals surface area contributed by atoms with E-state index in [1.165, 1.54) is 36.4 Å². The number of aromatic amines is 1. The van der Waals surface area contributed by atoms with Crippen LogP contribution in [0.25, 0.3) is 5.69 Å². The monoisotopic (exact) mass is 544 g/mol. The molecule has 5 rings (SSSR count). The average Bonchev–Trinajstić information content (AvgIpc) is 2.85. The Bertz CT molecular complexity index is 1630. The number of ether oxygens (including phenoxy) is 1. The first-order valence-electron chi connectivity index (χ1n) is 10.9. The second-order valence-electron chi connectivity index (χ2n) is 8.20. The molecule has 3 aromatic carbocycles. The van der Waals surface area contributed by atoms with Gasteiger partial charge in [-0.3, -0.25) is 14.6 Å². The van der Waals surface area contributed by atoms with Crippen molar-refractivity contribution < 1.29 is 18.3 Å². The molecule has 0 aliphatic carbocycles. The lowest BCUT2D eigenvalue weighted by Gasteiger charge is -2.29. The summed E-state index contributed by atoms with van der Waals surface area (Å²) in [4.78, 5) is 39.9. The minimum Gasteiger partial charge on any atom is -0.451 e. The van der Waals surface area contributed by atoms with Crippen LogP contribution in [0.1, 0.15) is 21.5 Å². The minimum absolute atomic E-state index is 0.0407. The molecule has 0 fully saturated rings. The van der Waals surface area contributed by atoms with Crippen LogP contribution in [-0.4, -0.2) is 32.1 Å². The van der Waals surface area contributed by atoms with Crippen molar-refractivity contribution in [2.75, 3.05) is 6.54 Å². The van der Waals surface area contributed by atoms with Gasteiger partial charge in [-0.15, -0.1) is 0 Å². The van der Waals surface area contributed by atoms with Crippen molar-refractivity contribution in [2.45, 2.75) is 13.0 Å². The molecule has 8 nitrogen and oxygen atoms in total. The topological polar surface area (TPSA) is 97.3 Å². The molecule has 2 heterocycles. The molecule has 1 aliphatic heterocycles. The molecular formula is C25H16Cl2F2N4O4. The van der Waals surface area contributed by atoms with Gasteiger partial charge in [-0.05, 0) is 48.4 Å². The summed E-state index contributed by atoms with van der Waals surface area (Å²) in [6.45, 7) is 0.532. The number of hydrogen-bond donors (Lipinski definition) is 1. The third kappa shape index (κ3) is 4.85. The summed E-state index contributed by atoms with van der Waals surface area (Å²) in [6.07, 6.45) is 1.16. The van der Waals surface area contributed by atoms with Crippen LogP contribution in [-0.2, 0) is 13.0 Å². The number of amides is 1.